The minimum atomic E-state index is -4.61. The molecule has 0 aliphatic heterocycles. The number of benzene rings is 2. The van der Waals surface area contributed by atoms with Crippen LogP contribution in [0.5, 0.6) is 11.5 Å². The van der Waals surface area contributed by atoms with E-state index in [1.165, 1.54) is 12.1 Å². The van der Waals surface area contributed by atoms with Gasteiger partial charge in [0.2, 0.25) is 0 Å². The van der Waals surface area contributed by atoms with Crippen LogP contribution in [0.25, 0.3) is 0 Å². The van der Waals surface area contributed by atoms with Crippen molar-refractivity contribution in [3.63, 3.8) is 0 Å². The second kappa shape index (κ2) is 7.05. The standard InChI is InChI=1S/C18H20F3NO4S/c1-4-17(2,3)11-6-8-16(27(23,24)25)15(10-11)26-14-7-5-12(9-13(14)22)18(19,20)21/h5-10H,4,22H2,1-3H3,(H,23,24,25). The lowest BCUT2D eigenvalue weighted by atomic mass is 9.82. The van der Waals surface area contributed by atoms with Gasteiger partial charge in [-0.15, -0.1) is 0 Å². The molecule has 2 aromatic carbocycles. The minimum Gasteiger partial charge on any atom is -0.454 e. The first-order valence-corrected chi connectivity index (χ1v) is 9.46. The van der Waals surface area contributed by atoms with Gasteiger partial charge in [-0.05, 0) is 47.7 Å². The van der Waals surface area contributed by atoms with E-state index in [1.807, 2.05) is 20.8 Å². The Morgan fingerprint density at radius 1 is 1.04 bits per heavy atom. The Morgan fingerprint density at radius 3 is 2.11 bits per heavy atom. The zero-order valence-corrected chi connectivity index (χ0v) is 15.8. The molecule has 0 aliphatic rings. The molecular weight excluding hydrogens is 383 g/mol. The van der Waals surface area contributed by atoms with Crippen molar-refractivity contribution in [3.8, 4) is 11.5 Å². The Balaban J connectivity index is 2.55. The van der Waals surface area contributed by atoms with E-state index in [0.29, 0.717) is 6.07 Å². The maximum atomic E-state index is 12.8. The molecule has 0 fully saturated rings. The zero-order valence-electron chi connectivity index (χ0n) is 15.0. The molecule has 0 radical (unpaired) electrons. The number of rotatable bonds is 5. The van der Waals surface area contributed by atoms with Gasteiger partial charge in [-0.2, -0.15) is 21.6 Å². The molecule has 5 nitrogen and oxygen atoms in total. The van der Waals surface area contributed by atoms with Gasteiger partial charge in [0, 0.05) is 0 Å². The highest BCUT2D eigenvalue weighted by Crippen LogP contribution is 2.39. The van der Waals surface area contributed by atoms with Gasteiger partial charge in [-0.25, -0.2) is 0 Å². The van der Waals surface area contributed by atoms with Crippen LogP contribution in [0.2, 0.25) is 0 Å². The predicted molar refractivity (Wildman–Crippen MR) is 95.5 cm³/mol. The molecular formula is C18H20F3NO4S. The van der Waals surface area contributed by atoms with E-state index < -0.39 is 26.8 Å². The molecule has 148 valence electrons. The average Bonchev–Trinajstić information content (AvgIpc) is 2.54. The zero-order chi connectivity index (χ0) is 20.6. The SMILES string of the molecule is CCC(C)(C)c1ccc(S(=O)(=O)O)c(Oc2ccc(C(F)(F)F)cc2N)c1. The molecule has 0 aliphatic carbocycles. The normalized spacial score (nSPS) is 12.9. The molecule has 0 aromatic heterocycles. The van der Waals surface area contributed by atoms with Crippen molar-refractivity contribution in [1.82, 2.24) is 0 Å². The molecule has 0 saturated heterocycles. The van der Waals surface area contributed by atoms with Crippen molar-refractivity contribution in [3.05, 3.63) is 47.5 Å². The number of anilines is 1. The van der Waals surface area contributed by atoms with Crippen molar-refractivity contribution < 1.29 is 30.9 Å². The molecule has 0 atom stereocenters. The number of alkyl halides is 3. The number of nitrogen functional groups attached to an aromatic ring is 1. The van der Waals surface area contributed by atoms with E-state index in [0.717, 1.165) is 24.1 Å². The van der Waals surface area contributed by atoms with E-state index in [9.17, 15) is 26.1 Å². The summed E-state index contributed by atoms with van der Waals surface area (Å²) in [7, 11) is -4.61. The fourth-order valence-corrected chi connectivity index (χ4v) is 2.96. The average molecular weight is 403 g/mol. The monoisotopic (exact) mass is 403 g/mol. The van der Waals surface area contributed by atoms with Crippen LogP contribution in [-0.2, 0) is 21.7 Å². The molecule has 0 bridgehead atoms. The Labute approximate surface area is 155 Å². The van der Waals surface area contributed by atoms with E-state index in [4.69, 9.17) is 10.5 Å². The van der Waals surface area contributed by atoms with Crippen LogP contribution in [0.3, 0.4) is 0 Å². The van der Waals surface area contributed by atoms with Crippen LogP contribution >= 0.6 is 0 Å². The van der Waals surface area contributed by atoms with Crippen LogP contribution in [0.1, 0.15) is 38.3 Å². The van der Waals surface area contributed by atoms with Gasteiger partial charge < -0.3 is 10.5 Å². The lowest BCUT2D eigenvalue weighted by Gasteiger charge is -2.24. The van der Waals surface area contributed by atoms with Crippen LogP contribution < -0.4 is 10.5 Å². The first kappa shape index (κ1) is 21.0. The van der Waals surface area contributed by atoms with Gasteiger partial charge in [-0.3, -0.25) is 4.55 Å². The molecule has 0 unspecified atom stereocenters. The van der Waals surface area contributed by atoms with Gasteiger partial charge in [0.1, 0.15) is 16.4 Å². The van der Waals surface area contributed by atoms with Gasteiger partial charge in [-0.1, -0.05) is 26.8 Å². The maximum Gasteiger partial charge on any atom is 0.416 e. The Bertz CT molecular complexity index is 954. The fraction of sp³-hybridized carbons (Fsp3) is 0.333. The van der Waals surface area contributed by atoms with Crippen LogP contribution in [0, 0.1) is 0 Å². The van der Waals surface area contributed by atoms with Gasteiger partial charge in [0.15, 0.2) is 0 Å². The van der Waals surface area contributed by atoms with E-state index in [1.54, 1.807) is 6.07 Å². The molecule has 0 saturated carbocycles. The summed E-state index contributed by atoms with van der Waals surface area (Å²) in [5, 5.41) is 0. The summed E-state index contributed by atoms with van der Waals surface area (Å²) >= 11 is 0. The van der Waals surface area contributed by atoms with E-state index in [-0.39, 0.29) is 22.6 Å². The highest BCUT2D eigenvalue weighted by molar-refractivity contribution is 7.86. The number of halogens is 3. The largest absolute Gasteiger partial charge is 0.454 e. The number of hydrogen-bond acceptors (Lipinski definition) is 4. The second-order valence-electron chi connectivity index (χ2n) is 6.73. The van der Waals surface area contributed by atoms with E-state index in [2.05, 4.69) is 0 Å². The van der Waals surface area contributed by atoms with E-state index >= 15 is 0 Å². The quantitative estimate of drug-likeness (QED) is 0.541. The molecule has 0 heterocycles. The molecule has 9 heteroatoms. The highest BCUT2D eigenvalue weighted by atomic mass is 32.2. The topological polar surface area (TPSA) is 89.6 Å². The fourth-order valence-electron chi connectivity index (χ4n) is 2.36. The van der Waals surface area contributed by atoms with Crippen molar-refractivity contribution in [1.29, 1.82) is 0 Å². The Kier molecular flexibility index (Phi) is 5.49. The number of ether oxygens (including phenoxy) is 1. The molecule has 2 aromatic rings. The highest BCUT2D eigenvalue weighted by Gasteiger charge is 2.31. The molecule has 27 heavy (non-hydrogen) atoms. The first-order chi connectivity index (χ1) is 12.3. The molecule has 0 amide bonds. The summed E-state index contributed by atoms with van der Waals surface area (Å²) in [5.74, 6) is -0.373. The molecule has 3 N–H and O–H groups in total. The van der Waals surface area contributed by atoms with Crippen LogP contribution in [0.15, 0.2) is 41.3 Å². The van der Waals surface area contributed by atoms with Crippen molar-refractivity contribution in [2.24, 2.45) is 0 Å². The third-order valence-corrected chi connectivity index (χ3v) is 5.34. The summed E-state index contributed by atoms with van der Waals surface area (Å²) in [4.78, 5) is -0.502. The third-order valence-electron chi connectivity index (χ3n) is 4.44. The number of hydrogen-bond donors (Lipinski definition) is 2. The molecule has 2 rings (SSSR count). The second-order valence-corrected chi connectivity index (χ2v) is 8.12. The van der Waals surface area contributed by atoms with Crippen molar-refractivity contribution >= 4 is 15.8 Å². The smallest absolute Gasteiger partial charge is 0.416 e. The predicted octanol–water partition coefficient (Wildman–Crippen LogP) is 5.01. The van der Waals surface area contributed by atoms with Crippen molar-refractivity contribution in [2.75, 3.05) is 5.73 Å². The van der Waals surface area contributed by atoms with Gasteiger partial charge in [0.25, 0.3) is 10.1 Å². The summed E-state index contributed by atoms with van der Waals surface area (Å²) in [5.41, 5.74) is 4.79. The lowest BCUT2D eigenvalue weighted by molar-refractivity contribution is -0.137. The number of nitrogens with two attached hydrogens (primary N) is 1. The minimum absolute atomic E-state index is 0.153. The van der Waals surface area contributed by atoms with Gasteiger partial charge in [0.05, 0.1) is 11.3 Å². The van der Waals surface area contributed by atoms with Crippen LogP contribution in [0.4, 0.5) is 18.9 Å². The Morgan fingerprint density at radius 2 is 1.63 bits per heavy atom. The lowest BCUT2D eigenvalue weighted by Crippen LogP contribution is -2.16. The third kappa shape index (κ3) is 4.72. The Hall–Kier alpha value is -2.26. The molecule has 0 spiro atoms. The first-order valence-electron chi connectivity index (χ1n) is 8.02. The van der Waals surface area contributed by atoms with Gasteiger partial charge >= 0.3 is 6.18 Å². The summed E-state index contributed by atoms with van der Waals surface area (Å²) in [6.45, 7) is 5.82. The van der Waals surface area contributed by atoms with Crippen LogP contribution in [-0.4, -0.2) is 13.0 Å². The summed E-state index contributed by atoms with van der Waals surface area (Å²) in [6.07, 6.45) is -3.84. The maximum absolute atomic E-state index is 12.8. The summed E-state index contributed by atoms with van der Waals surface area (Å²) in [6, 6.07) is 6.65. The summed E-state index contributed by atoms with van der Waals surface area (Å²) < 4.78 is 76.5. The van der Waals surface area contributed by atoms with Crippen molar-refractivity contribution in [2.45, 2.75) is 43.7 Å².